The van der Waals surface area contributed by atoms with Gasteiger partial charge in [0.1, 0.15) is 0 Å². The van der Waals surface area contributed by atoms with Gasteiger partial charge in [-0.3, -0.25) is 4.79 Å². The van der Waals surface area contributed by atoms with Crippen LogP contribution >= 0.6 is 11.3 Å². The molecule has 1 amide bonds. The molecule has 0 spiro atoms. The lowest BCUT2D eigenvalue weighted by molar-refractivity contribution is -0.131. The van der Waals surface area contributed by atoms with Gasteiger partial charge in [0.15, 0.2) is 0 Å². The molecule has 1 saturated heterocycles. The van der Waals surface area contributed by atoms with Crippen LogP contribution in [0.4, 0.5) is 10.8 Å². The lowest BCUT2D eigenvalue weighted by Crippen LogP contribution is -2.49. The number of nitrogens with zero attached hydrogens (tertiary/aromatic N) is 5. The number of hydrogen-bond acceptors (Lipinski definition) is 6. The normalized spacial score (nSPS) is 15.1. The number of imidazole rings is 1. The third-order valence-electron chi connectivity index (χ3n) is 5.18. The maximum absolute atomic E-state index is 12.5. The van der Waals surface area contributed by atoms with Crippen LogP contribution in [-0.4, -0.2) is 58.1 Å². The van der Waals surface area contributed by atoms with Gasteiger partial charge in [-0.15, -0.1) is 5.10 Å². The molecular formula is C21H28N6OS. The van der Waals surface area contributed by atoms with Gasteiger partial charge in [-0.1, -0.05) is 50.3 Å². The summed E-state index contributed by atoms with van der Waals surface area (Å²) in [7, 11) is 0. The summed E-state index contributed by atoms with van der Waals surface area (Å²) in [5.41, 5.74) is 2.27. The van der Waals surface area contributed by atoms with Crippen molar-refractivity contribution in [1.82, 2.24) is 19.5 Å². The van der Waals surface area contributed by atoms with Crippen molar-refractivity contribution in [1.29, 1.82) is 0 Å². The van der Waals surface area contributed by atoms with Gasteiger partial charge in [0, 0.05) is 50.2 Å². The molecule has 0 bridgehead atoms. The minimum absolute atomic E-state index is 0.0119. The highest BCUT2D eigenvalue weighted by Gasteiger charge is 2.21. The first kappa shape index (κ1) is 19.7. The largest absolute Gasteiger partial charge is 0.368 e. The van der Waals surface area contributed by atoms with Crippen LogP contribution in [0.1, 0.15) is 32.9 Å². The molecule has 0 radical (unpaired) electrons. The Morgan fingerprint density at radius 2 is 1.86 bits per heavy atom. The van der Waals surface area contributed by atoms with Crippen molar-refractivity contribution in [3.8, 4) is 0 Å². The summed E-state index contributed by atoms with van der Waals surface area (Å²) in [4.78, 5) is 22.4. The summed E-state index contributed by atoms with van der Waals surface area (Å²) < 4.78 is 1.82. The minimum Gasteiger partial charge on any atom is -0.368 e. The number of piperazine rings is 1. The summed E-state index contributed by atoms with van der Waals surface area (Å²) in [6, 6.07) is 10.4. The zero-order chi connectivity index (χ0) is 20.4. The third-order valence-corrected chi connectivity index (χ3v) is 6.06. The summed E-state index contributed by atoms with van der Waals surface area (Å²) in [5, 5.41) is 8.60. The molecule has 1 N–H and O–H groups in total. The minimum atomic E-state index is 0.0119. The number of hydrogen-bond donors (Lipinski definition) is 1. The molecule has 4 rings (SSSR count). The smallest absolute Gasteiger partial charge is 0.224 e. The van der Waals surface area contributed by atoms with E-state index >= 15 is 0 Å². The standard InChI is InChI=1S/C21H28N6OS/c1-21(2,3)17-15-27-20(23-17)29-19(24-27)22-10-9-18(28)26-13-11-25(12-14-26)16-7-5-4-6-8-16/h4-8,15H,9-14H2,1-3H3,(H,22,24). The van der Waals surface area contributed by atoms with Crippen LogP contribution in [0, 0.1) is 0 Å². The van der Waals surface area contributed by atoms with E-state index in [2.05, 4.69) is 65.3 Å². The van der Waals surface area contributed by atoms with Crippen molar-refractivity contribution in [3.05, 3.63) is 42.2 Å². The van der Waals surface area contributed by atoms with Crippen LogP contribution in [0.3, 0.4) is 0 Å². The van der Waals surface area contributed by atoms with Gasteiger partial charge in [0.2, 0.25) is 16.0 Å². The van der Waals surface area contributed by atoms with E-state index in [1.54, 1.807) is 0 Å². The zero-order valence-electron chi connectivity index (χ0n) is 17.3. The van der Waals surface area contributed by atoms with Crippen molar-refractivity contribution in [3.63, 3.8) is 0 Å². The SMILES string of the molecule is CC(C)(C)c1cn2nc(NCCC(=O)N3CCN(c4ccccc4)CC3)sc2n1. The molecule has 1 aromatic carbocycles. The first-order chi connectivity index (χ1) is 13.9. The van der Waals surface area contributed by atoms with Crippen molar-refractivity contribution < 1.29 is 4.79 Å². The Kier molecular flexibility index (Phi) is 5.45. The highest BCUT2D eigenvalue weighted by atomic mass is 32.1. The molecule has 2 aromatic heterocycles. The van der Waals surface area contributed by atoms with Gasteiger partial charge in [-0.2, -0.15) is 0 Å². The van der Waals surface area contributed by atoms with E-state index in [1.165, 1.54) is 17.0 Å². The van der Waals surface area contributed by atoms with Crippen LogP contribution in [0.2, 0.25) is 0 Å². The molecule has 1 aliphatic heterocycles. The summed E-state index contributed by atoms with van der Waals surface area (Å²) >= 11 is 1.52. The predicted molar refractivity (Wildman–Crippen MR) is 118 cm³/mol. The number of aromatic nitrogens is 3. The molecule has 8 heteroatoms. The number of nitrogens with one attached hydrogen (secondary N) is 1. The molecule has 0 saturated carbocycles. The highest BCUT2D eigenvalue weighted by Crippen LogP contribution is 2.25. The number of rotatable bonds is 5. The van der Waals surface area contributed by atoms with Crippen LogP contribution in [-0.2, 0) is 10.2 Å². The molecule has 3 heterocycles. The maximum Gasteiger partial charge on any atom is 0.224 e. The van der Waals surface area contributed by atoms with E-state index in [4.69, 9.17) is 0 Å². The van der Waals surface area contributed by atoms with E-state index in [-0.39, 0.29) is 11.3 Å². The van der Waals surface area contributed by atoms with E-state index in [1.807, 2.05) is 21.7 Å². The fourth-order valence-corrected chi connectivity index (χ4v) is 4.23. The van der Waals surface area contributed by atoms with Crippen LogP contribution in [0.5, 0.6) is 0 Å². The first-order valence-electron chi connectivity index (χ1n) is 10.1. The van der Waals surface area contributed by atoms with Crippen molar-refractivity contribution in [2.75, 3.05) is 42.9 Å². The molecule has 0 atom stereocenters. The van der Waals surface area contributed by atoms with Crippen LogP contribution in [0.25, 0.3) is 4.96 Å². The fraction of sp³-hybridized carbons (Fsp3) is 0.476. The number of carbonyl (C=O) groups is 1. The predicted octanol–water partition coefficient (Wildman–Crippen LogP) is 3.24. The second-order valence-electron chi connectivity index (χ2n) is 8.39. The Morgan fingerprint density at radius 3 is 2.52 bits per heavy atom. The summed E-state index contributed by atoms with van der Waals surface area (Å²) in [6.07, 6.45) is 2.45. The number of amides is 1. The van der Waals surface area contributed by atoms with Gasteiger partial charge < -0.3 is 15.1 Å². The Bertz CT molecular complexity index is 935. The second kappa shape index (κ2) is 8.02. The summed E-state index contributed by atoms with van der Waals surface area (Å²) in [5.74, 6) is 0.196. The van der Waals surface area contributed by atoms with Gasteiger partial charge in [-0.05, 0) is 12.1 Å². The Hall–Kier alpha value is -2.61. The monoisotopic (exact) mass is 412 g/mol. The van der Waals surface area contributed by atoms with E-state index in [0.717, 1.165) is 42.0 Å². The molecule has 0 aliphatic carbocycles. The first-order valence-corrected chi connectivity index (χ1v) is 10.9. The average molecular weight is 413 g/mol. The van der Waals surface area contributed by atoms with Crippen molar-refractivity contribution in [2.45, 2.75) is 32.6 Å². The van der Waals surface area contributed by atoms with Crippen LogP contribution in [0.15, 0.2) is 36.5 Å². The molecular weight excluding hydrogens is 384 g/mol. The fourth-order valence-electron chi connectivity index (χ4n) is 3.42. The molecule has 1 fully saturated rings. The van der Waals surface area contributed by atoms with Crippen LogP contribution < -0.4 is 10.2 Å². The maximum atomic E-state index is 12.5. The van der Waals surface area contributed by atoms with Gasteiger partial charge in [0.25, 0.3) is 0 Å². The topological polar surface area (TPSA) is 65.8 Å². The average Bonchev–Trinajstić information content (AvgIpc) is 3.27. The van der Waals surface area contributed by atoms with E-state index < -0.39 is 0 Å². The Balaban J connectivity index is 1.24. The Morgan fingerprint density at radius 1 is 1.14 bits per heavy atom. The zero-order valence-corrected chi connectivity index (χ0v) is 18.1. The molecule has 3 aromatic rings. The lowest BCUT2D eigenvalue weighted by atomic mass is 9.93. The number of para-hydroxylation sites is 1. The molecule has 0 unspecified atom stereocenters. The number of carbonyl (C=O) groups excluding carboxylic acids is 1. The van der Waals surface area contributed by atoms with Gasteiger partial charge in [0.05, 0.1) is 11.9 Å². The number of anilines is 2. The molecule has 1 aliphatic rings. The highest BCUT2D eigenvalue weighted by molar-refractivity contribution is 7.20. The number of fused-ring (bicyclic) bond motifs is 1. The molecule has 154 valence electrons. The number of benzene rings is 1. The summed E-state index contributed by atoms with van der Waals surface area (Å²) in [6.45, 7) is 10.3. The van der Waals surface area contributed by atoms with Gasteiger partial charge in [-0.25, -0.2) is 9.50 Å². The second-order valence-corrected chi connectivity index (χ2v) is 9.35. The molecule has 29 heavy (non-hydrogen) atoms. The van der Waals surface area contributed by atoms with Crippen molar-refractivity contribution >= 4 is 33.0 Å². The quantitative estimate of drug-likeness (QED) is 0.697. The lowest BCUT2D eigenvalue weighted by Gasteiger charge is -2.36. The van der Waals surface area contributed by atoms with Gasteiger partial charge >= 0.3 is 0 Å². The van der Waals surface area contributed by atoms with E-state index in [9.17, 15) is 4.79 Å². The Labute approximate surface area is 175 Å². The van der Waals surface area contributed by atoms with E-state index in [0.29, 0.717) is 13.0 Å². The van der Waals surface area contributed by atoms with Crippen molar-refractivity contribution in [2.24, 2.45) is 0 Å². The molecule has 7 nitrogen and oxygen atoms in total. The third kappa shape index (κ3) is 4.53.